The van der Waals surface area contributed by atoms with Gasteiger partial charge in [0.25, 0.3) is 5.56 Å². The zero-order chi connectivity index (χ0) is 25.0. The zero-order valence-corrected chi connectivity index (χ0v) is 21.4. The van der Waals surface area contributed by atoms with Crippen molar-refractivity contribution < 1.29 is 27.9 Å². The second kappa shape index (κ2) is 11.5. The number of carbonyl (C=O) groups is 1. The molecule has 2 N–H and O–H groups in total. The van der Waals surface area contributed by atoms with Crippen molar-refractivity contribution in [2.24, 2.45) is 5.92 Å². The Morgan fingerprint density at radius 3 is 2.55 bits per heavy atom. The summed E-state index contributed by atoms with van der Waals surface area (Å²) in [4.78, 5) is 37.9. The summed E-state index contributed by atoms with van der Waals surface area (Å²) in [6.07, 6.45) is 2.95. The Labute approximate surface area is 204 Å². The van der Waals surface area contributed by atoms with Gasteiger partial charge in [-0.3, -0.25) is 28.2 Å². The third-order valence-electron chi connectivity index (χ3n) is 4.45. The van der Waals surface area contributed by atoms with E-state index in [1.165, 1.54) is 17.9 Å². The number of hydrogen-bond donors (Lipinski definition) is 2. The summed E-state index contributed by atoms with van der Waals surface area (Å²) in [5.41, 5.74) is -0.831. The van der Waals surface area contributed by atoms with E-state index in [-0.39, 0.29) is 12.5 Å². The normalized spacial score (nSPS) is 21.2. The Kier molecular flexibility index (Phi) is 9.79. The van der Waals surface area contributed by atoms with E-state index in [9.17, 15) is 18.9 Å². The van der Waals surface area contributed by atoms with Crippen molar-refractivity contribution in [1.29, 1.82) is 0 Å². The van der Waals surface area contributed by atoms with Crippen molar-refractivity contribution in [3.05, 3.63) is 44.8 Å². The molecule has 186 valence electrons. The molecule has 1 aromatic heterocycles. The van der Waals surface area contributed by atoms with Gasteiger partial charge in [0, 0.05) is 11.8 Å². The van der Waals surface area contributed by atoms with E-state index in [4.69, 9.17) is 53.3 Å². The van der Waals surface area contributed by atoms with Gasteiger partial charge in [-0.25, -0.2) is 14.4 Å². The quantitative estimate of drug-likeness (QED) is 0.195. The number of methoxy groups -OCH3 is 1. The predicted molar refractivity (Wildman–Crippen MR) is 123 cm³/mol. The standard InChI is InChI=1S/C18H25Cl3N3O8P/c1-10(2)14(16(26)29-4)23-33(28,31-9-18(19,20)21)30-8-12-5-6-13(32-12)24-7-11(3)15(25)22-17(24)27/h5-7,10,12-14H,8-9H2,1-4H3,(H,23,28)(H,22,25,27)/t12-,13+,14-,33?/m0/s1. The summed E-state index contributed by atoms with van der Waals surface area (Å²) < 4.78 is 33.8. The molecule has 4 atom stereocenters. The molecule has 1 aliphatic rings. The van der Waals surface area contributed by atoms with Gasteiger partial charge in [0.15, 0.2) is 6.23 Å². The summed E-state index contributed by atoms with van der Waals surface area (Å²) in [6.45, 7) is 4.06. The second-order valence-electron chi connectivity index (χ2n) is 7.48. The van der Waals surface area contributed by atoms with Gasteiger partial charge in [-0.2, -0.15) is 0 Å². The predicted octanol–water partition coefficient (Wildman–Crippen LogP) is 2.60. The van der Waals surface area contributed by atoms with Gasteiger partial charge in [0.05, 0.1) is 13.7 Å². The Morgan fingerprint density at radius 2 is 1.97 bits per heavy atom. The number of nitrogens with one attached hydrogen (secondary N) is 2. The molecule has 33 heavy (non-hydrogen) atoms. The third kappa shape index (κ3) is 8.22. The maximum Gasteiger partial charge on any atom is 0.406 e. The molecule has 1 aliphatic heterocycles. The molecule has 11 nitrogen and oxygen atoms in total. The first-order valence-electron chi connectivity index (χ1n) is 9.72. The maximum absolute atomic E-state index is 13.3. The van der Waals surface area contributed by atoms with Crippen LogP contribution in [0, 0.1) is 12.8 Å². The van der Waals surface area contributed by atoms with Crippen LogP contribution in [-0.4, -0.2) is 51.8 Å². The molecule has 15 heteroatoms. The van der Waals surface area contributed by atoms with Crippen LogP contribution in [0.2, 0.25) is 0 Å². The topological polar surface area (TPSA) is 138 Å². The minimum atomic E-state index is -4.20. The molecular weight excluding hydrogens is 524 g/mol. The Bertz CT molecular complexity index is 1040. The van der Waals surface area contributed by atoms with Gasteiger partial charge >= 0.3 is 19.4 Å². The van der Waals surface area contributed by atoms with Crippen LogP contribution in [0.1, 0.15) is 25.6 Å². The van der Waals surface area contributed by atoms with Crippen LogP contribution in [0.25, 0.3) is 0 Å². The first-order chi connectivity index (χ1) is 15.2. The number of halogens is 3. The molecule has 0 aliphatic carbocycles. The minimum Gasteiger partial charge on any atom is -0.468 e. The van der Waals surface area contributed by atoms with E-state index in [1.807, 2.05) is 0 Å². The lowest BCUT2D eigenvalue weighted by Crippen LogP contribution is -2.41. The average Bonchev–Trinajstić information content (AvgIpc) is 3.19. The number of aromatic amines is 1. The van der Waals surface area contributed by atoms with Crippen molar-refractivity contribution in [3.8, 4) is 0 Å². The molecule has 0 spiro atoms. The molecule has 0 saturated heterocycles. The number of esters is 1. The fourth-order valence-electron chi connectivity index (χ4n) is 2.73. The average molecular weight is 549 g/mol. The molecule has 0 fully saturated rings. The van der Waals surface area contributed by atoms with E-state index in [1.54, 1.807) is 32.9 Å². The van der Waals surface area contributed by atoms with Gasteiger partial charge < -0.3 is 9.47 Å². The highest BCUT2D eigenvalue weighted by Crippen LogP contribution is 2.47. The lowest BCUT2D eigenvalue weighted by Gasteiger charge is -2.27. The van der Waals surface area contributed by atoms with Crippen molar-refractivity contribution in [1.82, 2.24) is 14.6 Å². The van der Waals surface area contributed by atoms with Crippen molar-refractivity contribution in [2.75, 3.05) is 20.3 Å². The van der Waals surface area contributed by atoms with E-state index >= 15 is 0 Å². The Hall–Kier alpha value is -1.17. The van der Waals surface area contributed by atoms with Crippen molar-refractivity contribution >= 4 is 48.5 Å². The highest BCUT2D eigenvalue weighted by Gasteiger charge is 2.38. The van der Waals surface area contributed by atoms with Gasteiger partial charge in [-0.15, -0.1) is 0 Å². The Balaban J connectivity index is 2.12. The number of nitrogens with zero attached hydrogens (tertiary/aromatic N) is 1. The number of ether oxygens (including phenoxy) is 2. The molecule has 0 bridgehead atoms. The monoisotopic (exact) mass is 547 g/mol. The van der Waals surface area contributed by atoms with Crippen molar-refractivity contribution in [2.45, 2.75) is 42.9 Å². The van der Waals surface area contributed by atoms with Gasteiger partial charge in [0.1, 0.15) is 18.8 Å². The summed E-state index contributed by atoms with van der Waals surface area (Å²) in [5, 5.41) is 2.53. The largest absolute Gasteiger partial charge is 0.468 e. The molecule has 1 aromatic rings. The number of hydrogen-bond acceptors (Lipinski definition) is 8. The van der Waals surface area contributed by atoms with Crippen LogP contribution in [0.5, 0.6) is 0 Å². The first kappa shape index (κ1) is 28.1. The van der Waals surface area contributed by atoms with Crippen molar-refractivity contribution in [3.63, 3.8) is 0 Å². The molecular formula is C18H25Cl3N3O8P. The maximum atomic E-state index is 13.3. The third-order valence-corrected chi connectivity index (χ3v) is 6.33. The molecule has 0 amide bonds. The summed E-state index contributed by atoms with van der Waals surface area (Å²) in [6, 6.07) is -1.04. The summed E-state index contributed by atoms with van der Waals surface area (Å²) in [5.74, 6) is -1.02. The van der Waals surface area contributed by atoms with Crippen LogP contribution >= 0.6 is 42.5 Å². The van der Waals surface area contributed by atoms with Crippen LogP contribution in [0.15, 0.2) is 27.9 Å². The van der Waals surface area contributed by atoms with E-state index in [0.717, 1.165) is 0 Å². The number of rotatable bonds is 10. The van der Waals surface area contributed by atoms with Crippen LogP contribution in [0.3, 0.4) is 0 Å². The number of alkyl halides is 3. The minimum absolute atomic E-state index is 0.291. The molecule has 0 saturated carbocycles. The van der Waals surface area contributed by atoms with Crippen LogP contribution in [0.4, 0.5) is 0 Å². The van der Waals surface area contributed by atoms with E-state index in [0.29, 0.717) is 5.56 Å². The van der Waals surface area contributed by atoms with E-state index in [2.05, 4.69) is 10.1 Å². The lowest BCUT2D eigenvalue weighted by molar-refractivity contribution is -0.143. The molecule has 2 heterocycles. The zero-order valence-electron chi connectivity index (χ0n) is 18.2. The highest BCUT2D eigenvalue weighted by atomic mass is 35.6. The van der Waals surface area contributed by atoms with E-state index < -0.39 is 53.7 Å². The SMILES string of the molecule is COC(=O)[C@@H](NP(=O)(OC[C@@H]1C=C[C@H](n2cc(C)c(=O)[nH]c2=O)O1)OCC(Cl)(Cl)Cl)C(C)C. The smallest absolute Gasteiger partial charge is 0.406 e. The van der Waals surface area contributed by atoms with Gasteiger partial charge in [-0.05, 0) is 18.9 Å². The molecule has 0 radical (unpaired) electrons. The Morgan fingerprint density at radius 1 is 1.30 bits per heavy atom. The highest BCUT2D eigenvalue weighted by molar-refractivity contribution is 7.51. The summed E-state index contributed by atoms with van der Waals surface area (Å²) in [7, 11) is -3.01. The fraction of sp³-hybridized carbons (Fsp3) is 0.611. The lowest BCUT2D eigenvalue weighted by atomic mass is 10.1. The first-order valence-corrected chi connectivity index (χ1v) is 12.4. The number of aryl methyl sites for hydroxylation is 1. The van der Waals surface area contributed by atoms with Gasteiger partial charge in [-0.1, -0.05) is 54.7 Å². The molecule has 2 rings (SSSR count). The summed E-state index contributed by atoms with van der Waals surface area (Å²) >= 11 is 17.1. The fourth-order valence-corrected chi connectivity index (χ4v) is 4.80. The number of carbonyl (C=O) groups excluding carboxylic acids is 1. The van der Waals surface area contributed by atoms with Gasteiger partial charge in [0.2, 0.25) is 3.79 Å². The van der Waals surface area contributed by atoms with Crippen LogP contribution in [-0.2, 0) is 27.9 Å². The molecule has 0 aromatic carbocycles. The second-order valence-corrected chi connectivity index (χ2v) is 11.8. The molecule has 1 unspecified atom stereocenters. The number of aromatic nitrogens is 2. The van der Waals surface area contributed by atoms with Crippen LogP contribution < -0.4 is 16.3 Å². The number of H-pyrrole nitrogens is 1.